The Balaban J connectivity index is -0.000000342. The van der Waals surface area contributed by atoms with Crippen molar-refractivity contribution in [2.45, 2.75) is 63.5 Å². The standard InChI is InChI=1S/C8H15NO2.C7H13NO2.CH4O.Cl2OS.ClH/c1-11-8(10)6-2-4-7(9)5-3-6;8-6-3-1-5(2-4-6)7(9)10;1-2;1-4(2)3;/h6-7H,2-5,9H2,1H3;5-6H,1-4,8H2,(H,9,10);2H,1H3;;1H. The summed E-state index contributed by atoms with van der Waals surface area (Å²) >= 11 is 0. The molecule has 0 aromatic rings. The number of hydrogen-bond acceptors (Lipinski definition) is 7. The molecule has 2 aliphatic carbocycles. The van der Waals surface area contributed by atoms with Gasteiger partial charge in [0.1, 0.15) is 0 Å². The van der Waals surface area contributed by atoms with Gasteiger partial charge < -0.3 is 26.4 Å². The summed E-state index contributed by atoms with van der Waals surface area (Å²) in [6, 6.07) is 0.548. The molecule has 0 saturated heterocycles. The third-order valence-electron chi connectivity index (χ3n) is 4.43. The Morgan fingerprint density at radius 2 is 1.18 bits per heavy atom. The van der Waals surface area contributed by atoms with Crippen LogP contribution in [0.4, 0.5) is 0 Å². The zero-order valence-electron chi connectivity index (χ0n) is 16.2. The summed E-state index contributed by atoms with van der Waals surface area (Å²) < 4.78 is 13.7. The number of halogens is 3. The van der Waals surface area contributed by atoms with Crippen molar-refractivity contribution in [3.63, 3.8) is 0 Å². The number of esters is 1. The van der Waals surface area contributed by atoms with E-state index in [0.717, 1.165) is 58.5 Å². The monoisotopic (exact) mass is 486 g/mol. The fraction of sp³-hybridized carbons (Fsp3) is 0.875. The molecule has 0 atom stereocenters. The molecule has 2 rings (SSSR count). The smallest absolute Gasteiger partial charge is 0.308 e. The summed E-state index contributed by atoms with van der Waals surface area (Å²) in [7, 11) is 9.80. The predicted octanol–water partition coefficient (Wildman–Crippen LogP) is 2.34. The van der Waals surface area contributed by atoms with Crippen LogP contribution < -0.4 is 11.5 Å². The number of methoxy groups -OCH3 is 1. The molecule has 0 amide bonds. The number of rotatable bonds is 2. The Morgan fingerprint density at radius 1 is 0.893 bits per heavy atom. The van der Waals surface area contributed by atoms with Gasteiger partial charge in [-0.25, -0.2) is 4.21 Å². The predicted molar refractivity (Wildman–Crippen MR) is 115 cm³/mol. The van der Waals surface area contributed by atoms with Crippen LogP contribution in [0.1, 0.15) is 51.4 Å². The molecule has 0 radical (unpaired) electrons. The number of carbonyl (C=O) groups is 2. The maximum atomic E-state index is 11.0. The maximum absolute atomic E-state index is 11.0. The molecule has 0 bridgehead atoms. The van der Waals surface area contributed by atoms with E-state index in [-0.39, 0.29) is 36.3 Å². The first-order valence-electron chi connectivity index (χ1n) is 8.68. The van der Waals surface area contributed by atoms with Crippen LogP contribution in [0.5, 0.6) is 0 Å². The van der Waals surface area contributed by atoms with E-state index < -0.39 is 15.2 Å². The SMILES string of the molecule is CO.COC(=O)C1CCC(N)CC1.Cl.NC1CCC(C(=O)O)CC1.O=S(Cl)Cl. The first-order chi connectivity index (χ1) is 12.7. The van der Waals surface area contributed by atoms with Crippen molar-refractivity contribution in [1.29, 1.82) is 0 Å². The quantitative estimate of drug-likeness (QED) is 0.342. The van der Waals surface area contributed by atoms with Crippen LogP contribution in [0.2, 0.25) is 0 Å². The Labute approximate surface area is 184 Å². The number of nitrogens with two attached hydrogens (primary N) is 2. The van der Waals surface area contributed by atoms with E-state index in [2.05, 4.69) is 26.1 Å². The van der Waals surface area contributed by atoms with Crippen LogP contribution >= 0.6 is 33.8 Å². The minimum atomic E-state index is -1.67. The third-order valence-corrected chi connectivity index (χ3v) is 4.43. The van der Waals surface area contributed by atoms with E-state index in [1.807, 2.05) is 0 Å². The van der Waals surface area contributed by atoms with Crippen LogP contribution in [0.25, 0.3) is 0 Å². The summed E-state index contributed by atoms with van der Waals surface area (Å²) in [5.74, 6) is -0.747. The van der Waals surface area contributed by atoms with Crippen LogP contribution in [-0.4, -0.2) is 52.7 Å². The molecule has 28 heavy (non-hydrogen) atoms. The van der Waals surface area contributed by atoms with Gasteiger partial charge in [-0.05, 0) is 51.4 Å². The zero-order chi connectivity index (χ0) is 21.4. The Morgan fingerprint density at radius 3 is 1.43 bits per heavy atom. The lowest BCUT2D eigenvalue weighted by Crippen LogP contribution is -2.30. The first kappa shape index (κ1) is 32.5. The number of ether oxygens (including phenoxy) is 1. The van der Waals surface area contributed by atoms with Crippen molar-refractivity contribution in [1.82, 2.24) is 0 Å². The normalized spacial score (nSPS) is 25.9. The number of aliphatic carboxylic acids is 1. The summed E-state index contributed by atoms with van der Waals surface area (Å²) in [5, 5.41) is 15.6. The molecule has 0 spiro atoms. The highest BCUT2D eigenvalue weighted by molar-refractivity contribution is 8.26. The molecule has 0 unspecified atom stereocenters. The van der Waals surface area contributed by atoms with Gasteiger partial charge in [0.25, 0.3) is 0 Å². The minimum absolute atomic E-state index is 0. The second-order valence-electron chi connectivity index (χ2n) is 6.27. The molecular weight excluding hydrogens is 455 g/mol. The van der Waals surface area contributed by atoms with Crippen molar-refractivity contribution >= 4 is 54.9 Å². The molecule has 0 aromatic heterocycles. The number of carbonyl (C=O) groups excluding carboxylic acids is 1. The third kappa shape index (κ3) is 17.9. The van der Waals surface area contributed by atoms with Crippen molar-refractivity contribution in [3.8, 4) is 0 Å². The lowest BCUT2D eigenvalue weighted by molar-refractivity contribution is -0.146. The van der Waals surface area contributed by atoms with Gasteiger partial charge in [-0.3, -0.25) is 9.59 Å². The molecule has 2 saturated carbocycles. The number of aliphatic hydroxyl groups excluding tert-OH is 1. The van der Waals surface area contributed by atoms with Gasteiger partial charge in [0, 0.05) is 40.6 Å². The van der Waals surface area contributed by atoms with Crippen LogP contribution in [-0.2, 0) is 23.6 Å². The Bertz CT molecular complexity index is 429. The van der Waals surface area contributed by atoms with Gasteiger partial charge >= 0.3 is 11.9 Å². The van der Waals surface area contributed by atoms with Crippen molar-refractivity contribution in [2.24, 2.45) is 23.3 Å². The summed E-state index contributed by atoms with van der Waals surface area (Å²) in [5.41, 5.74) is 11.3. The first-order valence-corrected chi connectivity index (χ1v) is 11.5. The van der Waals surface area contributed by atoms with Crippen LogP contribution in [0, 0.1) is 11.8 Å². The second kappa shape index (κ2) is 20.1. The Kier molecular flexibility index (Phi) is 23.4. The summed E-state index contributed by atoms with van der Waals surface area (Å²) in [6.07, 6.45) is 6.97. The molecule has 170 valence electrons. The van der Waals surface area contributed by atoms with E-state index in [0.29, 0.717) is 6.04 Å². The van der Waals surface area contributed by atoms with Crippen LogP contribution in [0.15, 0.2) is 0 Å². The van der Waals surface area contributed by atoms with Gasteiger partial charge in [-0.15, -0.1) is 12.4 Å². The second-order valence-corrected chi connectivity index (χ2v) is 8.79. The number of aliphatic hydroxyl groups is 1. The van der Waals surface area contributed by atoms with E-state index in [1.54, 1.807) is 0 Å². The largest absolute Gasteiger partial charge is 0.481 e. The van der Waals surface area contributed by atoms with Gasteiger partial charge in [-0.1, -0.05) is 0 Å². The van der Waals surface area contributed by atoms with Crippen LogP contribution in [0.3, 0.4) is 0 Å². The van der Waals surface area contributed by atoms with Crippen molar-refractivity contribution in [2.75, 3.05) is 14.2 Å². The van der Waals surface area contributed by atoms with Crippen molar-refractivity contribution < 1.29 is 28.7 Å². The maximum Gasteiger partial charge on any atom is 0.308 e. The molecule has 2 fully saturated rings. The molecule has 12 heteroatoms. The highest BCUT2D eigenvalue weighted by atomic mass is 36.0. The molecule has 6 N–H and O–H groups in total. The molecule has 8 nitrogen and oxygen atoms in total. The lowest BCUT2D eigenvalue weighted by atomic mass is 9.87. The average molecular weight is 488 g/mol. The van der Waals surface area contributed by atoms with E-state index >= 15 is 0 Å². The highest BCUT2D eigenvalue weighted by Crippen LogP contribution is 2.24. The molecule has 0 aliphatic heterocycles. The molecule has 2 aliphatic rings. The Hall–Kier alpha value is -0.160. The fourth-order valence-corrected chi connectivity index (χ4v) is 2.89. The highest BCUT2D eigenvalue weighted by Gasteiger charge is 2.25. The van der Waals surface area contributed by atoms with Gasteiger partial charge in [-0.2, -0.15) is 0 Å². The van der Waals surface area contributed by atoms with E-state index in [9.17, 15) is 9.59 Å². The van der Waals surface area contributed by atoms with Gasteiger partial charge in [0.05, 0.1) is 18.9 Å². The van der Waals surface area contributed by atoms with Gasteiger partial charge in [0.15, 0.2) is 0 Å². The average Bonchev–Trinajstić information content (AvgIpc) is 2.64. The molecule has 0 aromatic carbocycles. The number of hydrogen-bond donors (Lipinski definition) is 4. The fourth-order valence-electron chi connectivity index (χ4n) is 2.89. The molecular formula is C16H33Cl3N2O6S. The van der Waals surface area contributed by atoms with Gasteiger partial charge in [0.2, 0.25) is 9.23 Å². The zero-order valence-corrected chi connectivity index (χ0v) is 19.4. The van der Waals surface area contributed by atoms with Crippen molar-refractivity contribution in [3.05, 3.63) is 0 Å². The summed E-state index contributed by atoms with van der Waals surface area (Å²) in [6.45, 7) is 0. The van der Waals surface area contributed by atoms with E-state index in [1.165, 1.54) is 7.11 Å². The van der Waals surface area contributed by atoms with E-state index in [4.69, 9.17) is 25.9 Å². The summed E-state index contributed by atoms with van der Waals surface area (Å²) in [4.78, 5) is 21.4. The topological polar surface area (TPSA) is 153 Å². The number of carboxylic acids is 1. The minimum Gasteiger partial charge on any atom is -0.481 e. The number of carboxylic acid groups (broad SMARTS) is 1. The lowest BCUT2D eigenvalue weighted by Gasteiger charge is -2.23. The molecule has 0 heterocycles.